The fourth-order valence-electron chi connectivity index (χ4n) is 1.46. The number of hydrogen-bond donors (Lipinski definition) is 1. The lowest BCUT2D eigenvalue weighted by molar-refractivity contribution is 0.926. The van der Waals surface area contributed by atoms with Gasteiger partial charge in [0.05, 0.1) is 0 Å². The third-order valence-electron chi connectivity index (χ3n) is 2.63. The van der Waals surface area contributed by atoms with E-state index in [2.05, 4.69) is 38.8 Å². The zero-order chi connectivity index (χ0) is 12.4. The molecule has 0 aromatic heterocycles. The van der Waals surface area contributed by atoms with E-state index in [1.165, 1.54) is 16.9 Å². The highest BCUT2D eigenvalue weighted by molar-refractivity contribution is 5.82. The minimum Gasteiger partial charge on any atom is -0.405 e. The largest absolute Gasteiger partial charge is 0.405 e. The van der Waals surface area contributed by atoms with Crippen molar-refractivity contribution < 1.29 is 0 Å². The summed E-state index contributed by atoms with van der Waals surface area (Å²) in [6.45, 7) is 9.35. The summed E-state index contributed by atoms with van der Waals surface area (Å²) in [5, 5.41) is 0. The number of allylic oxidation sites excluding steroid dienone is 3. The first-order valence-corrected chi connectivity index (χ1v) is 6.13. The molecule has 2 heteroatoms. The van der Waals surface area contributed by atoms with Gasteiger partial charge in [-0.25, -0.2) is 0 Å². The van der Waals surface area contributed by atoms with Crippen LogP contribution in [0.3, 0.4) is 0 Å². The predicted octanol–water partition coefficient (Wildman–Crippen LogP) is 3.84. The number of nitrogens with zero attached hydrogens (tertiary/aromatic N) is 1. The van der Waals surface area contributed by atoms with Crippen molar-refractivity contribution >= 4 is 5.71 Å². The van der Waals surface area contributed by atoms with E-state index in [1.54, 1.807) is 6.20 Å². The second-order valence-corrected chi connectivity index (χ2v) is 4.31. The standard InChI is InChI=1S/C14H26N2/c1-5-16-14(4)10-9-12(2)7-6-8-13(3)11-15/h7,11H,5-6,8-10,15H2,1-4H3/b12-7+,13-11+,16-14?. The Morgan fingerprint density at radius 2 is 1.75 bits per heavy atom. The van der Waals surface area contributed by atoms with Crippen molar-refractivity contribution in [3.63, 3.8) is 0 Å². The van der Waals surface area contributed by atoms with Crippen molar-refractivity contribution in [2.24, 2.45) is 10.7 Å². The van der Waals surface area contributed by atoms with Crippen LogP contribution in [0, 0.1) is 0 Å². The summed E-state index contributed by atoms with van der Waals surface area (Å²) in [6.07, 6.45) is 8.38. The molecule has 0 radical (unpaired) electrons. The highest BCUT2D eigenvalue weighted by Crippen LogP contribution is 2.10. The summed E-state index contributed by atoms with van der Waals surface area (Å²) in [4.78, 5) is 4.38. The molecule has 0 aliphatic carbocycles. The van der Waals surface area contributed by atoms with Gasteiger partial charge >= 0.3 is 0 Å². The molecule has 0 aromatic rings. The number of hydrogen-bond acceptors (Lipinski definition) is 2. The van der Waals surface area contributed by atoms with Crippen LogP contribution in [0.25, 0.3) is 0 Å². The van der Waals surface area contributed by atoms with Crippen LogP contribution in [0.15, 0.2) is 28.4 Å². The third kappa shape index (κ3) is 8.27. The molecule has 0 spiro atoms. The van der Waals surface area contributed by atoms with Crippen LogP contribution in [0.4, 0.5) is 0 Å². The number of rotatable bonds is 7. The Kier molecular flexibility index (Phi) is 8.59. The monoisotopic (exact) mass is 222 g/mol. The Balaban J connectivity index is 3.84. The fourth-order valence-corrected chi connectivity index (χ4v) is 1.46. The quantitative estimate of drug-likeness (QED) is 0.516. The molecule has 0 amide bonds. The second-order valence-electron chi connectivity index (χ2n) is 4.31. The molecule has 92 valence electrons. The number of nitrogens with two attached hydrogens (primary N) is 1. The van der Waals surface area contributed by atoms with Crippen LogP contribution < -0.4 is 5.73 Å². The van der Waals surface area contributed by atoms with Gasteiger partial charge in [0.1, 0.15) is 0 Å². The lowest BCUT2D eigenvalue weighted by Crippen LogP contribution is -1.93. The molecule has 0 aliphatic heterocycles. The normalized spacial score (nSPS) is 14.4. The van der Waals surface area contributed by atoms with Crippen molar-refractivity contribution in [3.8, 4) is 0 Å². The van der Waals surface area contributed by atoms with Crippen molar-refractivity contribution in [2.75, 3.05) is 6.54 Å². The average Bonchev–Trinajstić information content (AvgIpc) is 2.26. The zero-order valence-electron chi connectivity index (χ0n) is 11.2. The van der Waals surface area contributed by atoms with Gasteiger partial charge in [-0.2, -0.15) is 0 Å². The van der Waals surface area contributed by atoms with Gasteiger partial charge in [-0.15, -0.1) is 0 Å². The lowest BCUT2D eigenvalue weighted by Gasteiger charge is -2.02. The highest BCUT2D eigenvalue weighted by Gasteiger charge is 1.94. The highest BCUT2D eigenvalue weighted by atomic mass is 14.7. The third-order valence-corrected chi connectivity index (χ3v) is 2.63. The Morgan fingerprint density at radius 3 is 2.31 bits per heavy atom. The minimum absolute atomic E-state index is 0.898. The SMILES string of the molecule is CCN=C(C)CC/C(C)=C/CC/C(C)=C/N. The molecule has 2 N–H and O–H groups in total. The Bertz CT molecular complexity index is 272. The molecular formula is C14H26N2. The lowest BCUT2D eigenvalue weighted by atomic mass is 10.1. The smallest absolute Gasteiger partial charge is 0.0360 e. The maximum atomic E-state index is 5.42. The summed E-state index contributed by atoms with van der Waals surface area (Å²) >= 11 is 0. The average molecular weight is 222 g/mol. The van der Waals surface area contributed by atoms with E-state index >= 15 is 0 Å². The first-order valence-electron chi connectivity index (χ1n) is 6.13. The first kappa shape index (κ1) is 14.9. The van der Waals surface area contributed by atoms with E-state index in [1.807, 2.05) is 0 Å². The molecule has 0 saturated heterocycles. The Hall–Kier alpha value is -1.05. The van der Waals surface area contributed by atoms with Crippen molar-refractivity contribution in [3.05, 3.63) is 23.4 Å². The fraction of sp³-hybridized carbons (Fsp3) is 0.643. The van der Waals surface area contributed by atoms with E-state index in [0.717, 1.165) is 32.2 Å². The minimum atomic E-state index is 0.898. The molecule has 0 unspecified atom stereocenters. The Labute approximate surface area is 100 Å². The maximum absolute atomic E-state index is 5.42. The summed E-state index contributed by atoms with van der Waals surface area (Å²) in [5.74, 6) is 0. The van der Waals surface area contributed by atoms with E-state index in [4.69, 9.17) is 5.73 Å². The summed E-state index contributed by atoms with van der Waals surface area (Å²) in [5.41, 5.74) is 9.39. The first-order chi connectivity index (χ1) is 7.60. The van der Waals surface area contributed by atoms with Crippen molar-refractivity contribution in [1.29, 1.82) is 0 Å². The molecule has 16 heavy (non-hydrogen) atoms. The van der Waals surface area contributed by atoms with E-state index in [0.29, 0.717) is 0 Å². The number of aliphatic imine (C=N–C) groups is 1. The molecule has 0 rings (SSSR count). The molecule has 0 atom stereocenters. The van der Waals surface area contributed by atoms with Crippen LogP contribution in [-0.4, -0.2) is 12.3 Å². The van der Waals surface area contributed by atoms with Gasteiger partial charge in [0.25, 0.3) is 0 Å². The summed E-state index contributed by atoms with van der Waals surface area (Å²) < 4.78 is 0. The van der Waals surface area contributed by atoms with Gasteiger partial charge in [-0.05, 0) is 59.6 Å². The van der Waals surface area contributed by atoms with E-state index in [9.17, 15) is 0 Å². The summed E-state index contributed by atoms with van der Waals surface area (Å²) in [7, 11) is 0. The molecule has 0 fully saturated rings. The van der Waals surface area contributed by atoms with Crippen LogP contribution in [0.5, 0.6) is 0 Å². The topological polar surface area (TPSA) is 38.4 Å². The van der Waals surface area contributed by atoms with Crippen LogP contribution in [0.1, 0.15) is 53.4 Å². The molecule has 0 heterocycles. The summed E-state index contributed by atoms with van der Waals surface area (Å²) in [6, 6.07) is 0. The van der Waals surface area contributed by atoms with Gasteiger partial charge in [0.2, 0.25) is 0 Å². The van der Waals surface area contributed by atoms with Crippen LogP contribution in [-0.2, 0) is 0 Å². The van der Waals surface area contributed by atoms with Crippen molar-refractivity contribution in [2.45, 2.75) is 53.4 Å². The zero-order valence-corrected chi connectivity index (χ0v) is 11.2. The Morgan fingerprint density at radius 1 is 1.06 bits per heavy atom. The second kappa shape index (κ2) is 9.20. The van der Waals surface area contributed by atoms with E-state index < -0.39 is 0 Å². The maximum Gasteiger partial charge on any atom is 0.0360 e. The van der Waals surface area contributed by atoms with Gasteiger partial charge in [-0.3, -0.25) is 4.99 Å². The molecule has 0 aliphatic rings. The molecule has 0 bridgehead atoms. The van der Waals surface area contributed by atoms with E-state index in [-0.39, 0.29) is 0 Å². The van der Waals surface area contributed by atoms with Crippen molar-refractivity contribution in [1.82, 2.24) is 0 Å². The van der Waals surface area contributed by atoms with Gasteiger partial charge in [-0.1, -0.05) is 17.2 Å². The van der Waals surface area contributed by atoms with Crippen LogP contribution in [0.2, 0.25) is 0 Å². The molecule has 2 nitrogen and oxygen atoms in total. The van der Waals surface area contributed by atoms with Gasteiger partial charge < -0.3 is 5.73 Å². The van der Waals surface area contributed by atoms with Gasteiger partial charge in [0.15, 0.2) is 0 Å². The van der Waals surface area contributed by atoms with Crippen LogP contribution >= 0.6 is 0 Å². The van der Waals surface area contributed by atoms with Gasteiger partial charge in [0, 0.05) is 12.3 Å². The molecule has 0 saturated carbocycles. The molecular weight excluding hydrogens is 196 g/mol. The predicted molar refractivity (Wildman–Crippen MR) is 73.8 cm³/mol. The molecule has 0 aromatic carbocycles.